The predicted octanol–water partition coefficient (Wildman–Crippen LogP) is 1.62. The molecule has 2 N–H and O–H groups in total. The van der Waals surface area contributed by atoms with E-state index in [0.717, 1.165) is 44.2 Å². The predicted molar refractivity (Wildman–Crippen MR) is 116 cm³/mol. The highest BCUT2D eigenvalue weighted by molar-refractivity contribution is 7.89. The van der Waals surface area contributed by atoms with Gasteiger partial charge in [-0.25, -0.2) is 13.5 Å². The number of aromatic nitrogens is 3. The third-order valence-corrected chi connectivity index (χ3v) is 8.38. The Morgan fingerprint density at radius 2 is 1.84 bits per heavy atom. The van der Waals surface area contributed by atoms with Gasteiger partial charge in [0, 0.05) is 32.9 Å². The third-order valence-electron chi connectivity index (χ3n) is 6.70. The number of rotatable bonds is 5. The van der Waals surface area contributed by atoms with E-state index in [4.69, 9.17) is 0 Å². The number of aryl methyl sites for hydroxylation is 2. The summed E-state index contributed by atoms with van der Waals surface area (Å²) in [5, 5.41) is 9.90. The Bertz CT molecular complexity index is 1110. The van der Waals surface area contributed by atoms with Crippen LogP contribution in [0.1, 0.15) is 41.5 Å². The molecular weight excluding hydrogens is 416 g/mol. The smallest absolute Gasteiger partial charge is 0.278 e. The van der Waals surface area contributed by atoms with E-state index in [2.05, 4.69) is 26.6 Å². The lowest BCUT2D eigenvalue weighted by molar-refractivity contribution is -0.132. The van der Waals surface area contributed by atoms with Crippen LogP contribution in [0.3, 0.4) is 0 Å². The Kier molecular flexibility index (Phi) is 5.01. The van der Waals surface area contributed by atoms with E-state index in [1.165, 1.54) is 31.5 Å². The lowest BCUT2D eigenvalue weighted by Gasteiger charge is -2.17. The second-order valence-electron chi connectivity index (χ2n) is 8.90. The van der Waals surface area contributed by atoms with E-state index in [9.17, 15) is 13.2 Å². The van der Waals surface area contributed by atoms with Gasteiger partial charge in [0.1, 0.15) is 0 Å². The summed E-state index contributed by atoms with van der Waals surface area (Å²) in [6.07, 6.45) is 7.02. The van der Waals surface area contributed by atoms with Crippen molar-refractivity contribution in [1.82, 2.24) is 24.4 Å². The highest BCUT2D eigenvalue weighted by Gasteiger charge is 2.38. The second-order valence-corrected chi connectivity index (χ2v) is 10.8. The van der Waals surface area contributed by atoms with E-state index in [0.29, 0.717) is 13.0 Å². The minimum Gasteiger partial charge on any atom is -0.349 e. The van der Waals surface area contributed by atoms with Crippen LogP contribution in [0.25, 0.3) is 0 Å². The van der Waals surface area contributed by atoms with Crippen LogP contribution < -0.4 is 5.32 Å². The molecule has 1 amide bonds. The van der Waals surface area contributed by atoms with Gasteiger partial charge in [-0.2, -0.15) is 9.29 Å². The summed E-state index contributed by atoms with van der Waals surface area (Å²) in [6.45, 7) is 0.470. The van der Waals surface area contributed by atoms with Gasteiger partial charge in [0.25, 0.3) is 15.2 Å². The molecule has 1 aliphatic heterocycles. The number of carbonyl (C=O) groups excluding carboxylic acids is 1. The van der Waals surface area contributed by atoms with Crippen molar-refractivity contribution < 1.29 is 13.2 Å². The van der Waals surface area contributed by atoms with Crippen LogP contribution in [-0.4, -0.2) is 65.9 Å². The number of benzene rings is 1. The number of H-pyrrole nitrogens is 1. The molecule has 0 spiro atoms. The van der Waals surface area contributed by atoms with Crippen molar-refractivity contribution in [1.29, 1.82) is 0 Å². The molecule has 5 rings (SSSR count). The van der Waals surface area contributed by atoms with Gasteiger partial charge >= 0.3 is 0 Å². The molecule has 1 aromatic heterocycles. The molecular formula is C21H28N6O3S. The Balaban J connectivity index is 1.38. The number of anilines is 2. The van der Waals surface area contributed by atoms with Crippen LogP contribution in [0.15, 0.2) is 11.2 Å². The maximum Gasteiger partial charge on any atom is 0.278 e. The minimum absolute atomic E-state index is 0.0515. The van der Waals surface area contributed by atoms with Crippen molar-refractivity contribution >= 4 is 27.6 Å². The molecule has 3 aliphatic rings. The first kappa shape index (κ1) is 20.4. The number of aromatic amines is 1. The SMILES string of the molecule is CN(C)C(=O)C1CCN(S(=O)(=O)c2nc(Nc3c4c(cc5c3CCC5)CCC4)n[nH]2)C1. The minimum atomic E-state index is -3.83. The van der Waals surface area contributed by atoms with Crippen molar-refractivity contribution in [3.05, 3.63) is 28.3 Å². The molecule has 2 aliphatic carbocycles. The van der Waals surface area contributed by atoms with Crippen molar-refractivity contribution in [2.75, 3.05) is 32.5 Å². The molecule has 0 bridgehead atoms. The van der Waals surface area contributed by atoms with E-state index >= 15 is 0 Å². The molecule has 1 aromatic carbocycles. The van der Waals surface area contributed by atoms with Gasteiger partial charge in [-0.1, -0.05) is 6.07 Å². The Labute approximate surface area is 182 Å². The second kappa shape index (κ2) is 7.59. The zero-order chi connectivity index (χ0) is 21.8. The normalized spacial score (nSPS) is 20.6. The standard InChI is InChI=1S/C21H28N6O3S/c1-26(2)19(28)15-9-10-27(12-15)31(29,30)21-23-20(24-25-21)22-18-16-7-3-5-13(16)11-14-6-4-8-17(14)18/h11,15H,3-10,12H2,1-2H3,(H2,22,23,24,25). The summed E-state index contributed by atoms with van der Waals surface area (Å²) in [5.74, 6) is -0.0997. The average Bonchev–Trinajstić information content (AvgIpc) is 3.52. The molecule has 31 heavy (non-hydrogen) atoms. The van der Waals surface area contributed by atoms with Crippen LogP contribution >= 0.6 is 0 Å². The Hall–Kier alpha value is -2.46. The molecule has 1 unspecified atom stereocenters. The van der Waals surface area contributed by atoms with Crippen molar-refractivity contribution in [3.8, 4) is 0 Å². The van der Waals surface area contributed by atoms with Gasteiger partial charge in [0.15, 0.2) is 0 Å². The van der Waals surface area contributed by atoms with Crippen molar-refractivity contribution in [2.24, 2.45) is 5.92 Å². The van der Waals surface area contributed by atoms with Gasteiger partial charge in [0.05, 0.1) is 5.92 Å². The lowest BCUT2D eigenvalue weighted by Crippen LogP contribution is -2.34. The fourth-order valence-corrected chi connectivity index (χ4v) is 6.46. The van der Waals surface area contributed by atoms with Crippen molar-refractivity contribution in [3.63, 3.8) is 0 Å². The number of amides is 1. The molecule has 1 saturated heterocycles. The summed E-state index contributed by atoms with van der Waals surface area (Å²) in [4.78, 5) is 18.0. The van der Waals surface area contributed by atoms with Crippen LogP contribution in [0, 0.1) is 5.92 Å². The number of nitrogens with zero attached hydrogens (tertiary/aromatic N) is 4. The zero-order valence-electron chi connectivity index (χ0n) is 17.9. The summed E-state index contributed by atoms with van der Waals surface area (Å²) in [7, 11) is -0.461. The number of fused-ring (bicyclic) bond motifs is 2. The molecule has 0 radical (unpaired) electrons. The van der Waals surface area contributed by atoms with E-state index < -0.39 is 10.0 Å². The first-order valence-electron chi connectivity index (χ1n) is 10.9. The summed E-state index contributed by atoms with van der Waals surface area (Å²) in [5.41, 5.74) is 6.49. The van der Waals surface area contributed by atoms with Crippen LogP contribution in [0.2, 0.25) is 0 Å². The molecule has 1 fully saturated rings. The number of sulfonamides is 1. The fraction of sp³-hybridized carbons (Fsp3) is 0.571. The van der Waals surface area contributed by atoms with Crippen LogP contribution in [0.4, 0.5) is 11.6 Å². The number of hydrogen-bond donors (Lipinski definition) is 2. The molecule has 9 nitrogen and oxygen atoms in total. The summed E-state index contributed by atoms with van der Waals surface area (Å²) >= 11 is 0. The van der Waals surface area contributed by atoms with E-state index in [-0.39, 0.29) is 29.5 Å². The third kappa shape index (κ3) is 3.51. The van der Waals surface area contributed by atoms with Crippen LogP contribution in [-0.2, 0) is 40.5 Å². The quantitative estimate of drug-likeness (QED) is 0.725. The largest absolute Gasteiger partial charge is 0.349 e. The van der Waals surface area contributed by atoms with Gasteiger partial charge in [0.2, 0.25) is 11.9 Å². The fourth-order valence-electron chi connectivity index (χ4n) is 5.13. The summed E-state index contributed by atoms with van der Waals surface area (Å²) < 4.78 is 27.4. The topological polar surface area (TPSA) is 111 Å². The van der Waals surface area contributed by atoms with Gasteiger partial charge in [-0.15, -0.1) is 5.10 Å². The molecule has 0 saturated carbocycles. The molecule has 2 aromatic rings. The van der Waals surface area contributed by atoms with Crippen LogP contribution in [0.5, 0.6) is 0 Å². The van der Waals surface area contributed by atoms with Gasteiger partial charge < -0.3 is 10.2 Å². The maximum absolute atomic E-state index is 13.1. The number of hydrogen-bond acceptors (Lipinski definition) is 6. The summed E-state index contributed by atoms with van der Waals surface area (Å²) in [6, 6.07) is 2.35. The zero-order valence-corrected chi connectivity index (χ0v) is 18.8. The molecule has 1 atom stereocenters. The highest BCUT2D eigenvalue weighted by Crippen LogP contribution is 2.39. The Morgan fingerprint density at radius 3 is 2.48 bits per heavy atom. The van der Waals surface area contributed by atoms with E-state index in [1.807, 2.05) is 0 Å². The molecule has 166 valence electrons. The number of nitrogens with one attached hydrogen (secondary N) is 2. The lowest BCUT2D eigenvalue weighted by atomic mass is 9.99. The van der Waals surface area contributed by atoms with Gasteiger partial charge in [-0.05, 0) is 67.2 Å². The molecule has 10 heteroatoms. The monoisotopic (exact) mass is 444 g/mol. The average molecular weight is 445 g/mol. The highest BCUT2D eigenvalue weighted by atomic mass is 32.2. The van der Waals surface area contributed by atoms with Gasteiger partial charge in [-0.3, -0.25) is 4.79 Å². The maximum atomic E-state index is 13.1. The van der Waals surface area contributed by atoms with E-state index in [1.54, 1.807) is 14.1 Å². The Morgan fingerprint density at radius 1 is 1.16 bits per heavy atom. The number of carbonyl (C=O) groups is 1. The van der Waals surface area contributed by atoms with Crippen molar-refractivity contribution in [2.45, 2.75) is 50.1 Å². The first-order valence-corrected chi connectivity index (χ1v) is 12.4. The molecule has 2 heterocycles. The first-order chi connectivity index (χ1) is 14.8.